The van der Waals surface area contributed by atoms with Gasteiger partial charge in [0.2, 0.25) is 0 Å². The van der Waals surface area contributed by atoms with Crippen molar-refractivity contribution in [2.75, 3.05) is 7.11 Å². The molecular formula is C11H18N2O. The number of oxime groups is 1. The minimum absolute atomic E-state index is 0.258. The van der Waals surface area contributed by atoms with Crippen molar-refractivity contribution < 1.29 is 4.84 Å². The Morgan fingerprint density at radius 2 is 2.07 bits per heavy atom. The van der Waals surface area contributed by atoms with Crippen molar-refractivity contribution in [3.63, 3.8) is 0 Å². The van der Waals surface area contributed by atoms with Crippen LogP contribution in [0.5, 0.6) is 0 Å². The summed E-state index contributed by atoms with van der Waals surface area (Å²) < 4.78 is 0. The first-order valence-electron chi connectivity index (χ1n) is 5.33. The monoisotopic (exact) mass is 194 g/mol. The van der Waals surface area contributed by atoms with Crippen LogP contribution < -0.4 is 0 Å². The molecule has 14 heavy (non-hydrogen) atoms. The Hall–Kier alpha value is -1.04. The topological polar surface area (TPSA) is 45.4 Å². The van der Waals surface area contributed by atoms with Crippen LogP contribution >= 0.6 is 0 Å². The number of rotatable bonds is 2. The second-order valence-corrected chi connectivity index (χ2v) is 3.88. The van der Waals surface area contributed by atoms with Gasteiger partial charge in [-0.25, -0.2) is 0 Å². The molecule has 0 spiro atoms. The summed E-state index contributed by atoms with van der Waals surface area (Å²) in [5.41, 5.74) is 0. The van der Waals surface area contributed by atoms with E-state index < -0.39 is 0 Å². The highest BCUT2D eigenvalue weighted by Crippen LogP contribution is 2.24. The Labute approximate surface area is 85.7 Å². The first kappa shape index (κ1) is 11.0. The molecule has 3 heteroatoms. The van der Waals surface area contributed by atoms with Gasteiger partial charge in [-0.05, 0) is 31.6 Å². The van der Waals surface area contributed by atoms with E-state index in [1.54, 1.807) is 7.11 Å². The minimum atomic E-state index is 0.258. The Morgan fingerprint density at radius 1 is 1.29 bits per heavy atom. The zero-order chi connectivity index (χ0) is 10.2. The van der Waals surface area contributed by atoms with Crippen molar-refractivity contribution in [3.05, 3.63) is 0 Å². The summed E-state index contributed by atoms with van der Waals surface area (Å²) >= 11 is 0. The maximum atomic E-state index is 8.86. The molecule has 0 heterocycles. The van der Waals surface area contributed by atoms with Gasteiger partial charge in [0.1, 0.15) is 7.11 Å². The van der Waals surface area contributed by atoms with Gasteiger partial charge in [0.25, 0.3) is 0 Å². The predicted molar refractivity (Wildman–Crippen MR) is 55.8 cm³/mol. The number of nitrogens with zero attached hydrogens (tertiary/aromatic N) is 2. The maximum Gasteiger partial charge on any atom is 0.106 e. The third-order valence-electron chi connectivity index (χ3n) is 2.82. The van der Waals surface area contributed by atoms with Gasteiger partial charge in [-0.3, -0.25) is 0 Å². The summed E-state index contributed by atoms with van der Waals surface area (Å²) in [7, 11) is 1.57. The zero-order valence-electron chi connectivity index (χ0n) is 8.78. The maximum absolute atomic E-state index is 8.86. The molecule has 0 aromatic rings. The molecular weight excluding hydrogens is 176 g/mol. The molecule has 1 aliphatic rings. The summed E-state index contributed by atoms with van der Waals surface area (Å²) in [4.78, 5) is 4.67. The van der Waals surface area contributed by atoms with Gasteiger partial charge in [0.15, 0.2) is 0 Å². The molecule has 0 N–H and O–H groups in total. The van der Waals surface area contributed by atoms with E-state index in [4.69, 9.17) is 5.26 Å². The van der Waals surface area contributed by atoms with E-state index in [9.17, 15) is 0 Å². The van der Waals surface area contributed by atoms with Gasteiger partial charge in [0, 0.05) is 12.1 Å². The molecule has 1 rings (SSSR count). The van der Waals surface area contributed by atoms with Crippen molar-refractivity contribution in [2.45, 2.75) is 38.5 Å². The van der Waals surface area contributed by atoms with E-state index in [-0.39, 0.29) is 5.92 Å². The van der Waals surface area contributed by atoms with Gasteiger partial charge in [0.05, 0.1) is 6.07 Å². The molecule has 1 aliphatic carbocycles. The van der Waals surface area contributed by atoms with Gasteiger partial charge in [-0.1, -0.05) is 18.0 Å². The molecule has 0 radical (unpaired) electrons. The standard InChI is InChI=1S/C11H18N2O/c1-14-13-9-11-5-3-2-4-10(8-12)6-7-11/h9-11H,2-7H2,1H3/b13-9+. The van der Waals surface area contributed by atoms with Gasteiger partial charge < -0.3 is 4.84 Å². The Kier molecular flexibility index (Phi) is 5.06. The summed E-state index contributed by atoms with van der Waals surface area (Å²) in [5, 5.41) is 12.7. The van der Waals surface area contributed by atoms with Crippen molar-refractivity contribution >= 4 is 6.21 Å². The van der Waals surface area contributed by atoms with E-state index in [2.05, 4.69) is 16.1 Å². The summed E-state index contributed by atoms with van der Waals surface area (Å²) in [5.74, 6) is 0.764. The van der Waals surface area contributed by atoms with Gasteiger partial charge in [-0.15, -0.1) is 0 Å². The second kappa shape index (κ2) is 6.42. The molecule has 78 valence electrons. The lowest BCUT2D eigenvalue weighted by atomic mass is 9.87. The van der Waals surface area contributed by atoms with E-state index in [1.165, 1.54) is 19.3 Å². The minimum Gasteiger partial charge on any atom is -0.399 e. The third-order valence-corrected chi connectivity index (χ3v) is 2.82. The molecule has 0 saturated heterocycles. The van der Waals surface area contributed by atoms with Crippen molar-refractivity contribution in [1.82, 2.24) is 0 Å². The predicted octanol–water partition coefficient (Wildman–Crippen LogP) is 2.73. The summed E-state index contributed by atoms with van der Waals surface area (Å²) in [6.45, 7) is 0. The summed E-state index contributed by atoms with van der Waals surface area (Å²) in [6, 6.07) is 2.37. The Bertz CT molecular complexity index is 220. The molecule has 1 saturated carbocycles. The second-order valence-electron chi connectivity index (χ2n) is 3.88. The average Bonchev–Trinajstić information content (AvgIpc) is 2.17. The molecule has 0 amide bonds. The van der Waals surface area contributed by atoms with Crippen molar-refractivity contribution in [3.8, 4) is 6.07 Å². The molecule has 3 nitrogen and oxygen atoms in total. The fraction of sp³-hybridized carbons (Fsp3) is 0.818. The van der Waals surface area contributed by atoms with Crippen LogP contribution in [0.4, 0.5) is 0 Å². The van der Waals surface area contributed by atoms with Gasteiger partial charge >= 0.3 is 0 Å². The highest BCUT2D eigenvalue weighted by atomic mass is 16.6. The molecule has 0 aromatic heterocycles. The Morgan fingerprint density at radius 3 is 2.79 bits per heavy atom. The zero-order valence-corrected chi connectivity index (χ0v) is 8.78. The molecule has 0 aliphatic heterocycles. The van der Waals surface area contributed by atoms with E-state index in [1.807, 2.05) is 6.21 Å². The van der Waals surface area contributed by atoms with Crippen LogP contribution in [-0.2, 0) is 4.84 Å². The van der Waals surface area contributed by atoms with Gasteiger partial charge in [-0.2, -0.15) is 5.26 Å². The quantitative estimate of drug-likeness (QED) is 0.501. The van der Waals surface area contributed by atoms with Crippen LogP contribution in [0.2, 0.25) is 0 Å². The van der Waals surface area contributed by atoms with E-state index in [0.29, 0.717) is 5.92 Å². The fourth-order valence-electron chi connectivity index (χ4n) is 1.93. The molecule has 0 bridgehead atoms. The van der Waals surface area contributed by atoms with E-state index in [0.717, 1.165) is 19.3 Å². The SMILES string of the molecule is CO/N=C/C1CCCCC(C#N)CC1. The lowest BCUT2D eigenvalue weighted by Gasteiger charge is -2.18. The largest absolute Gasteiger partial charge is 0.399 e. The van der Waals surface area contributed by atoms with Crippen molar-refractivity contribution in [2.24, 2.45) is 17.0 Å². The number of nitriles is 1. The number of hydrogen-bond donors (Lipinski definition) is 0. The number of hydrogen-bond acceptors (Lipinski definition) is 3. The third kappa shape index (κ3) is 3.78. The highest BCUT2D eigenvalue weighted by Gasteiger charge is 2.15. The first-order valence-corrected chi connectivity index (χ1v) is 5.33. The highest BCUT2D eigenvalue weighted by molar-refractivity contribution is 5.59. The van der Waals surface area contributed by atoms with E-state index >= 15 is 0 Å². The normalized spacial score (nSPS) is 29.1. The average molecular weight is 194 g/mol. The van der Waals surface area contributed by atoms with Crippen LogP contribution in [0, 0.1) is 23.2 Å². The lowest BCUT2D eigenvalue weighted by molar-refractivity contribution is 0.212. The van der Waals surface area contributed by atoms with Crippen LogP contribution in [0.1, 0.15) is 38.5 Å². The first-order chi connectivity index (χ1) is 6.86. The molecule has 2 atom stereocenters. The van der Waals surface area contributed by atoms with Crippen LogP contribution in [0.3, 0.4) is 0 Å². The lowest BCUT2D eigenvalue weighted by Crippen LogP contribution is -2.10. The molecule has 2 unspecified atom stereocenters. The smallest absolute Gasteiger partial charge is 0.106 e. The van der Waals surface area contributed by atoms with Crippen LogP contribution in [-0.4, -0.2) is 13.3 Å². The van der Waals surface area contributed by atoms with Crippen LogP contribution in [0.25, 0.3) is 0 Å². The van der Waals surface area contributed by atoms with Crippen molar-refractivity contribution in [1.29, 1.82) is 5.26 Å². The molecule has 0 aromatic carbocycles. The fourth-order valence-corrected chi connectivity index (χ4v) is 1.93. The van der Waals surface area contributed by atoms with Crippen LogP contribution in [0.15, 0.2) is 5.16 Å². The molecule has 1 fully saturated rings. The summed E-state index contributed by atoms with van der Waals surface area (Å²) in [6.07, 6.45) is 8.62. The Balaban J connectivity index is 2.39.